The molecule has 18 heavy (non-hydrogen) atoms. The highest BCUT2D eigenvalue weighted by Crippen LogP contribution is 2.20. The highest BCUT2D eigenvalue weighted by atomic mass is 16.5. The highest BCUT2D eigenvalue weighted by Gasteiger charge is 2.01. The molecule has 0 aromatic heterocycles. The van der Waals surface area contributed by atoms with E-state index in [2.05, 4.69) is 25.1 Å². The van der Waals surface area contributed by atoms with Crippen molar-refractivity contribution in [1.29, 1.82) is 5.26 Å². The van der Waals surface area contributed by atoms with Crippen LogP contribution in [0.2, 0.25) is 0 Å². The van der Waals surface area contributed by atoms with Crippen LogP contribution in [-0.4, -0.2) is 0 Å². The van der Waals surface area contributed by atoms with Crippen molar-refractivity contribution in [2.75, 3.05) is 0 Å². The van der Waals surface area contributed by atoms with Crippen LogP contribution in [0.15, 0.2) is 42.5 Å². The summed E-state index contributed by atoms with van der Waals surface area (Å²) in [6.45, 7) is 4.57. The number of nitriles is 1. The van der Waals surface area contributed by atoms with Crippen LogP contribution in [0.1, 0.15) is 22.3 Å². The van der Waals surface area contributed by atoms with E-state index in [9.17, 15) is 0 Å². The molecule has 0 spiro atoms. The van der Waals surface area contributed by atoms with Crippen molar-refractivity contribution in [2.45, 2.75) is 20.5 Å². The lowest BCUT2D eigenvalue weighted by atomic mass is 10.1. The van der Waals surface area contributed by atoms with Gasteiger partial charge in [-0.15, -0.1) is 0 Å². The van der Waals surface area contributed by atoms with Crippen LogP contribution in [-0.2, 0) is 6.61 Å². The zero-order chi connectivity index (χ0) is 13.0. The predicted octanol–water partition coefficient (Wildman–Crippen LogP) is 3.75. The van der Waals surface area contributed by atoms with Gasteiger partial charge in [-0.1, -0.05) is 29.8 Å². The fraction of sp³-hybridized carbons (Fsp3) is 0.188. The number of rotatable bonds is 3. The van der Waals surface area contributed by atoms with Crippen molar-refractivity contribution in [2.24, 2.45) is 0 Å². The molecule has 0 unspecified atom stereocenters. The third-order valence-electron chi connectivity index (χ3n) is 2.78. The van der Waals surface area contributed by atoms with Gasteiger partial charge in [-0.2, -0.15) is 5.26 Å². The zero-order valence-electron chi connectivity index (χ0n) is 10.6. The molecule has 0 radical (unpaired) electrons. The van der Waals surface area contributed by atoms with Gasteiger partial charge in [0.1, 0.15) is 12.4 Å². The van der Waals surface area contributed by atoms with Gasteiger partial charge < -0.3 is 4.74 Å². The molecule has 0 heterocycles. The molecule has 0 aliphatic rings. The van der Waals surface area contributed by atoms with E-state index in [1.54, 1.807) is 6.07 Å². The molecule has 0 saturated heterocycles. The van der Waals surface area contributed by atoms with Gasteiger partial charge in [-0.3, -0.25) is 0 Å². The van der Waals surface area contributed by atoms with E-state index in [1.165, 1.54) is 5.56 Å². The van der Waals surface area contributed by atoms with Crippen LogP contribution in [0.25, 0.3) is 0 Å². The van der Waals surface area contributed by atoms with Crippen LogP contribution >= 0.6 is 0 Å². The monoisotopic (exact) mass is 237 g/mol. The van der Waals surface area contributed by atoms with Crippen molar-refractivity contribution in [3.8, 4) is 11.8 Å². The minimum absolute atomic E-state index is 0.550. The van der Waals surface area contributed by atoms with Crippen LogP contribution in [0.5, 0.6) is 5.75 Å². The number of benzene rings is 2. The van der Waals surface area contributed by atoms with Crippen molar-refractivity contribution in [1.82, 2.24) is 0 Å². The summed E-state index contributed by atoms with van der Waals surface area (Å²) in [7, 11) is 0. The van der Waals surface area contributed by atoms with E-state index in [1.807, 2.05) is 31.2 Å². The molecular formula is C16H15NO. The molecule has 2 aromatic carbocycles. The predicted molar refractivity (Wildman–Crippen MR) is 71.4 cm³/mol. The smallest absolute Gasteiger partial charge is 0.122 e. The first kappa shape index (κ1) is 12.2. The number of nitrogens with zero attached hydrogens (tertiary/aromatic N) is 1. The fourth-order valence-electron chi connectivity index (χ4n) is 1.84. The fourth-order valence-corrected chi connectivity index (χ4v) is 1.84. The zero-order valence-corrected chi connectivity index (χ0v) is 10.6. The normalized spacial score (nSPS) is 9.83. The lowest BCUT2D eigenvalue weighted by Gasteiger charge is -2.09. The molecular weight excluding hydrogens is 222 g/mol. The molecule has 0 N–H and O–H groups in total. The van der Waals surface area contributed by atoms with E-state index in [0.29, 0.717) is 12.2 Å². The Bertz CT molecular complexity index is 596. The van der Waals surface area contributed by atoms with Crippen LogP contribution in [0, 0.1) is 25.2 Å². The topological polar surface area (TPSA) is 33.0 Å². The number of hydrogen-bond donors (Lipinski definition) is 0. The van der Waals surface area contributed by atoms with Crippen LogP contribution in [0.4, 0.5) is 0 Å². The Hall–Kier alpha value is -2.27. The Morgan fingerprint density at radius 3 is 2.61 bits per heavy atom. The second kappa shape index (κ2) is 5.37. The molecule has 2 aromatic rings. The Kier molecular flexibility index (Phi) is 3.64. The number of ether oxygens (including phenoxy) is 1. The van der Waals surface area contributed by atoms with Crippen molar-refractivity contribution in [3.05, 3.63) is 64.7 Å². The summed E-state index contributed by atoms with van der Waals surface area (Å²) in [4.78, 5) is 0. The molecule has 90 valence electrons. The van der Waals surface area contributed by atoms with E-state index >= 15 is 0 Å². The number of hydrogen-bond acceptors (Lipinski definition) is 2. The SMILES string of the molecule is Cc1cccc(COc2ccc(C#N)cc2C)c1. The van der Waals surface area contributed by atoms with Gasteiger partial charge in [0.15, 0.2) is 0 Å². The van der Waals surface area contributed by atoms with Crippen molar-refractivity contribution in [3.63, 3.8) is 0 Å². The maximum Gasteiger partial charge on any atom is 0.122 e. The number of aryl methyl sites for hydroxylation is 2. The summed E-state index contributed by atoms with van der Waals surface area (Å²) in [5.74, 6) is 0.829. The molecule has 0 amide bonds. The Balaban J connectivity index is 2.09. The van der Waals surface area contributed by atoms with E-state index in [-0.39, 0.29) is 0 Å². The summed E-state index contributed by atoms with van der Waals surface area (Å²) in [6.07, 6.45) is 0. The van der Waals surface area contributed by atoms with Gasteiger partial charge >= 0.3 is 0 Å². The Morgan fingerprint density at radius 1 is 1.11 bits per heavy atom. The molecule has 2 rings (SSSR count). The molecule has 0 bridgehead atoms. The van der Waals surface area contributed by atoms with Gasteiger partial charge in [-0.25, -0.2) is 0 Å². The first-order valence-electron chi connectivity index (χ1n) is 5.88. The first-order chi connectivity index (χ1) is 8.69. The quantitative estimate of drug-likeness (QED) is 0.814. The molecule has 2 nitrogen and oxygen atoms in total. The van der Waals surface area contributed by atoms with Crippen molar-refractivity contribution >= 4 is 0 Å². The van der Waals surface area contributed by atoms with E-state index in [0.717, 1.165) is 16.9 Å². The van der Waals surface area contributed by atoms with Gasteiger partial charge in [0.25, 0.3) is 0 Å². The molecule has 0 aliphatic carbocycles. The third-order valence-corrected chi connectivity index (χ3v) is 2.78. The highest BCUT2D eigenvalue weighted by molar-refractivity contribution is 5.41. The van der Waals surface area contributed by atoms with Gasteiger partial charge in [-0.05, 0) is 43.2 Å². The largest absolute Gasteiger partial charge is 0.489 e. The first-order valence-corrected chi connectivity index (χ1v) is 5.88. The molecule has 2 heteroatoms. The maximum absolute atomic E-state index is 8.80. The maximum atomic E-state index is 8.80. The van der Waals surface area contributed by atoms with Crippen LogP contribution in [0.3, 0.4) is 0 Å². The van der Waals surface area contributed by atoms with Crippen molar-refractivity contribution < 1.29 is 4.74 Å². The standard InChI is InChI=1S/C16H15NO/c1-12-4-3-5-15(8-12)11-18-16-7-6-14(10-17)9-13(16)2/h3-9H,11H2,1-2H3. The van der Waals surface area contributed by atoms with E-state index < -0.39 is 0 Å². The second-order valence-electron chi connectivity index (χ2n) is 4.37. The summed E-state index contributed by atoms with van der Waals surface area (Å²) >= 11 is 0. The van der Waals surface area contributed by atoms with Gasteiger partial charge in [0, 0.05) is 0 Å². The summed E-state index contributed by atoms with van der Waals surface area (Å²) in [5.41, 5.74) is 4.03. The molecule has 0 atom stereocenters. The summed E-state index contributed by atoms with van der Waals surface area (Å²) in [6, 6.07) is 15.8. The lowest BCUT2D eigenvalue weighted by Crippen LogP contribution is -1.97. The molecule has 0 saturated carbocycles. The molecule has 0 aliphatic heterocycles. The molecule has 0 fully saturated rings. The van der Waals surface area contributed by atoms with Gasteiger partial charge in [0.2, 0.25) is 0 Å². The van der Waals surface area contributed by atoms with Crippen LogP contribution < -0.4 is 4.74 Å². The Morgan fingerprint density at radius 2 is 1.94 bits per heavy atom. The average molecular weight is 237 g/mol. The Labute approximate surface area is 107 Å². The summed E-state index contributed by atoms with van der Waals surface area (Å²) < 4.78 is 5.77. The average Bonchev–Trinajstić information content (AvgIpc) is 2.37. The lowest BCUT2D eigenvalue weighted by molar-refractivity contribution is 0.304. The minimum Gasteiger partial charge on any atom is -0.489 e. The third kappa shape index (κ3) is 2.89. The second-order valence-corrected chi connectivity index (χ2v) is 4.37. The minimum atomic E-state index is 0.550. The van der Waals surface area contributed by atoms with E-state index in [4.69, 9.17) is 10.00 Å². The van der Waals surface area contributed by atoms with Gasteiger partial charge in [0.05, 0.1) is 11.6 Å². The summed E-state index contributed by atoms with van der Waals surface area (Å²) in [5, 5.41) is 8.80.